The fourth-order valence-electron chi connectivity index (χ4n) is 0.422. The SMILES string of the molecule is CSc1nccc[nH+]1. The third kappa shape index (κ3) is 1.20. The van der Waals surface area contributed by atoms with E-state index < -0.39 is 0 Å². The Morgan fingerprint density at radius 1 is 1.75 bits per heavy atom. The summed E-state index contributed by atoms with van der Waals surface area (Å²) >= 11 is 1.60. The molecule has 0 aromatic carbocycles. The van der Waals surface area contributed by atoms with Crippen LogP contribution in [0.25, 0.3) is 0 Å². The fraction of sp³-hybridized carbons (Fsp3) is 0.200. The van der Waals surface area contributed by atoms with E-state index in [4.69, 9.17) is 0 Å². The molecule has 3 heteroatoms. The van der Waals surface area contributed by atoms with Crippen molar-refractivity contribution in [3.05, 3.63) is 18.5 Å². The molecular weight excluding hydrogens is 120 g/mol. The average Bonchev–Trinajstić information content (AvgIpc) is 1.90. The quantitative estimate of drug-likeness (QED) is 0.408. The van der Waals surface area contributed by atoms with Crippen LogP contribution in [0, 0.1) is 0 Å². The van der Waals surface area contributed by atoms with Crippen molar-refractivity contribution in [2.24, 2.45) is 0 Å². The molecule has 1 N–H and O–H groups in total. The van der Waals surface area contributed by atoms with Gasteiger partial charge in [-0.1, -0.05) is 0 Å². The van der Waals surface area contributed by atoms with Gasteiger partial charge in [-0.25, -0.2) is 4.98 Å². The van der Waals surface area contributed by atoms with Gasteiger partial charge >= 0.3 is 5.16 Å². The minimum Gasteiger partial charge on any atom is -0.238 e. The van der Waals surface area contributed by atoms with Crippen LogP contribution in [0.2, 0.25) is 0 Å². The predicted octanol–water partition coefficient (Wildman–Crippen LogP) is 0.618. The van der Waals surface area contributed by atoms with E-state index in [1.807, 2.05) is 18.5 Å². The van der Waals surface area contributed by atoms with E-state index in [2.05, 4.69) is 9.97 Å². The zero-order valence-corrected chi connectivity index (χ0v) is 5.40. The average molecular weight is 127 g/mol. The van der Waals surface area contributed by atoms with Gasteiger partial charge in [0.2, 0.25) is 0 Å². The number of rotatable bonds is 1. The third-order valence-electron chi connectivity index (χ3n) is 0.774. The van der Waals surface area contributed by atoms with Crippen LogP contribution in [-0.2, 0) is 0 Å². The largest absolute Gasteiger partial charge is 0.356 e. The van der Waals surface area contributed by atoms with Gasteiger partial charge in [0.1, 0.15) is 6.20 Å². The first kappa shape index (κ1) is 5.56. The number of aromatic nitrogens is 2. The van der Waals surface area contributed by atoms with Gasteiger partial charge in [0, 0.05) is 6.07 Å². The van der Waals surface area contributed by atoms with Gasteiger partial charge in [0.25, 0.3) is 0 Å². The molecule has 0 radical (unpaired) electrons. The second-order valence-corrected chi connectivity index (χ2v) is 2.09. The first-order chi connectivity index (χ1) is 3.93. The number of nitrogens with one attached hydrogen (secondary N) is 1. The first-order valence-electron chi connectivity index (χ1n) is 2.30. The highest BCUT2D eigenvalue weighted by atomic mass is 32.2. The lowest BCUT2D eigenvalue weighted by atomic mass is 10.7. The molecule has 8 heavy (non-hydrogen) atoms. The van der Waals surface area contributed by atoms with Crippen molar-refractivity contribution in [1.29, 1.82) is 0 Å². The van der Waals surface area contributed by atoms with Crippen LogP contribution in [0.3, 0.4) is 0 Å². The summed E-state index contributed by atoms with van der Waals surface area (Å²) in [6.07, 6.45) is 5.61. The second-order valence-electron chi connectivity index (χ2n) is 1.29. The lowest BCUT2D eigenvalue weighted by Crippen LogP contribution is -2.05. The molecule has 0 spiro atoms. The summed E-state index contributed by atoms with van der Waals surface area (Å²) < 4.78 is 0. The van der Waals surface area contributed by atoms with Crippen molar-refractivity contribution in [2.75, 3.05) is 6.26 Å². The van der Waals surface area contributed by atoms with Crippen LogP contribution >= 0.6 is 11.8 Å². The molecule has 0 aliphatic rings. The van der Waals surface area contributed by atoms with Crippen LogP contribution in [0.4, 0.5) is 0 Å². The minimum atomic E-state index is 0.951. The molecular formula is C5H7N2S+. The van der Waals surface area contributed by atoms with Crippen molar-refractivity contribution in [1.82, 2.24) is 4.98 Å². The standard InChI is InChI=1S/C5H6N2S/c1-8-5-6-3-2-4-7-5/h2-4H,1H3/p+1. The van der Waals surface area contributed by atoms with E-state index in [0.29, 0.717) is 0 Å². The van der Waals surface area contributed by atoms with Crippen molar-refractivity contribution in [3.63, 3.8) is 0 Å². The third-order valence-corrected chi connectivity index (χ3v) is 1.38. The summed E-state index contributed by atoms with van der Waals surface area (Å²) in [5.74, 6) is 0. The Balaban J connectivity index is 2.83. The molecule has 1 aromatic heterocycles. The Kier molecular flexibility index (Phi) is 1.86. The molecule has 0 aliphatic heterocycles. The Morgan fingerprint density at radius 3 is 3.00 bits per heavy atom. The van der Waals surface area contributed by atoms with Crippen LogP contribution in [0.15, 0.2) is 23.6 Å². The molecule has 0 saturated carbocycles. The summed E-state index contributed by atoms with van der Waals surface area (Å²) in [5, 5.41) is 0.951. The van der Waals surface area contributed by atoms with Crippen LogP contribution < -0.4 is 4.98 Å². The topological polar surface area (TPSA) is 27.0 Å². The van der Waals surface area contributed by atoms with E-state index in [1.165, 1.54) is 0 Å². The van der Waals surface area contributed by atoms with E-state index in [9.17, 15) is 0 Å². The molecule has 0 fully saturated rings. The highest BCUT2D eigenvalue weighted by Gasteiger charge is 1.94. The fourth-order valence-corrected chi connectivity index (χ4v) is 0.774. The number of nitrogens with zero attached hydrogens (tertiary/aromatic N) is 1. The number of H-pyrrole nitrogens is 1. The molecule has 0 bridgehead atoms. The van der Waals surface area contributed by atoms with Gasteiger partial charge in [0.05, 0.1) is 6.20 Å². The van der Waals surface area contributed by atoms with E-state index in [-0.39, 0.29) is 0 Å². The Hall–Kier alpha value is -0.570. The predicted molar refractivity (Wildman–Crippen MR) is 32.6 cm³/mol. The molecule has 0 saturated heterocycles. The lowest BCUT2D eigenvalue weighted by Gasteiger charge is -1.77. The van der Waals surface area contributed by atoms with Crippen LogP contribution in [0.1, 0.15) is 0 Å². The highest BCUT2D eigenvalue weighted by Crippen LogP contribution is 1.99. The summed E-state index contributed by atoms with van der Waals surface area (Å²) in [7, 11) is 0. The molecule has 2 nitrogen and oxygen atoms in total. The van der Waals surface area contributed by atoms with Crippen LogP contribution in [-0.4, -0.2) is 11.2 Å². The Bertz CT molecular complexity index is 152. The molecule has 0 atom stereocenters. The van der Waals surface area contributed by atoms with Gasteiger partial charge in [-0.05, 0) is 23.0 Å². The Labute approximate surface area is 52.4 Å². The number of thioether (sulfide) groups is 1. The molecule has 1 aromatic rings. The van der Waals surface area contributed by atoms with Gasteiger partial charge in [-0.2, -0.15) is 0 Å². The second kappa shape index (κ2) is 2.67. The summed E-state index contributed by atoms with van der Waals surface area (Å²) in [4.78, 5) is 6.97. The number of hydrogen-bond donors (Lipinski definition) is 0. The normalized spacial score (nSPS) is 9.12. The highest BCUT2D eigenvalue weighted by molar-refractivity contribution is 7.98. The molecule has 0 aliphatic carbocycles. The van der Waals surface area contributed by atoms with Crippen molar-refractivity contribution < 1.29 is 4.98 Å². The monoisotopic (exact) mass is 127 g/mol. The smallest absolute Gasteiger partial charge is 0.238 e. The minimum absolute atomic E-state index is 0.951. The maximum Gasteiger partial charge on any atom is 0.356 e. The molecule has 1 rings (SSSR count). The van der Waals surface area contributed by atoms with Gasteiger partial charge in [-0.15, -0.1) is 0 Å². The Morgan fingerprint density at radius 2 is 2.62 bits per heavy atom. The zero-order valence-electron chi connectivity index (χ0n) is 4.59. The maximum atomic E-state index is 4.00. The van der Waals surface area contributed by atoms with Crippen molar-refractivity contribution >= 4 is 11.8 Å². The number of hydrogen-bond acceptors (Lipinski definition) is 2. The van der Waals surface area contributed by atoms with Gasteiger partial charge in [0.15, 0.2) is 0 Å². The lowest BCUT2D eigenvalue weighted by molar-refractivity contribution is -0.433. The summed E-state index contributed by atoms with van der Waals surface area (Å²) in [6, 6.07) is 1.86. The summed E-state index contributed by atoms with van der Waals surface area (Å²) in [5.41, 5.74) is 0. The summed E-state index contributed by atoms with van der Waals surface area (Å²) in [6.45, 7) is 0. The first-order valence-corrected chi connectivity index (χ1v) is 3.52. The van der Waals surface area contributed by atoms with Crippen molar-refractivity contribution in [2.45, 2.75) is 5.16 Å². The number of aromatic amines is 1. The molecule has 42 valence electrons. The van der Waals surface area contributed by atoms with Crippen LogP contribution in [0.5, 0.6) is 0 Å². The van der Waals surface area contributed by atoms with Gasteiger partial charge in [-0.3, -0.25) is 0 Å². The van der Waals surface area contributed by atoms with Crippen molar-refractivity contribution in [3.8, 4) is 0 Å². The zero-order chi connectivity index (χ0) is 5.82. The maximum absolute atomic E-state index is 4.00. The molecule has 0 amide bonds. The van der Waals surface area contributed by atoms with E-state index in [0.717, 1.165) is 5.16 Å². The van der Waals surface area contributed by atoms with E-state index >= 15 is 0 Å². The molecule has 0 unspecified atom stereocenters. The molecule has 1 heterocycles. The van der Waals surface area contributed by atoms with Gasteiger partial charge < -0.3 is 0 Å². The van der Waals surface area contributed by atoms with E-state index in [1.54, 1.807) is 18.0 Å².